The first kappa shape index (κ1) is 24.6. The molecule has 1 saturated carbocycles. The number of hydrogen-bond donors (Lipinski definition) is 2. The molecule has 0 amide bonds. The number of aliphatic carboxylic acids is 1. The highest BCUT2D eigenvalue weighted by Crippen LogP contribution is 2.54. The van der Waals surface area contributed by atoms with Gasteiger partial charge in [0.25, 0.3) is 0 Å². The number of imidazole rings is 1. The molecule has 1 aromatic carbocycles. The van der Waals surface area contributed by atoms with Crippen LogP contribution in [0.1, 0.15) is 51.0 Å². The zero-order chi connectivity index (χ0) is 26.1. The summed E-state index contributed by atoms with van der Waals surface area (Å²) in [7, 11) is 0. The summed E-state index contributed by atoms with van der Waals surface area (Å²) in [5.41, 5.74) is 4.28. The molecule has 2 N–H and O–H groups in total. The van der Waals surface area contributed by atoms with E-state index in [4.69, 9.17) is 0 Å². The molecule has 37 heavy (non-hydrogen) atoms. The third-order valence-electron chi connectivity index (χ3n) is 7.22. The van der Waals surface area contributed by atoms with Crippen molar-refractivity contribution in [1.29, 1.82) is 0 Å². The number of H-pyrrole nitrogens is 1. The largest absolute Gasteiger partial charge is 0.481 e. The summed E-state index contributed by atoms with van der Waals surface area (Å²) in [6.45, 7) is 6.47. The van der Waals surface area contributed by atoms with E-state index in [2.05, 4.69) is 32.5 Å². The Bertz CT molecular complexity index is 1450. The Kier molecular flexibility index (Phi) is 6.73. The molecular weight excluding hydrogens is 470 g/mol. The smallest absolute Gasteiger partial charge is 0.328 e. The van der Waals surface area contributed by atoms with Gasteiger partial charge in [-0.25, -0.2) is 4.79 Å². The average molecular weight is 502 g/mol. The molecule has 192 valence electrons. The van der Waals surface area contributed by atoms with Crippen LogP contribution in [0.15, 0.2) is 53.6 Å². The van der Waals surface area contributed by atoms with Crippen molar-refractivity contribution in [3.05, 3.63) is 70.7 Å². The highest BCUT2D eigenvalue weighted by atomic mass is 16.4. The molecule has 3 aromatic heterocycles. The number of aryl methyl sites for hydroxylation is 1. The first-order chi connectivity index (χ1) is 17.9. The molecule has 3 unspecified atom stereocenters. The number of hydrogen-bond acceptors (Lipinski definition) is 6. The number of carboxylic acid groups (broad SMARTS) is 1. The summed E-state index contributed by atoms with van der Waals surface area (Å²) in [6, 6.07) is 11.5. The van der Waals surface area contributed by atoms with E-state index < -0.39 is 11.9 Å². The van der Waals surface area contributed by atoms with E-state index in [1.54, 1.807) is 15.3 Å². The minimum Gasteiger partial charge on any atom is -0.481 e. The van der Waals surface area contributed by atoms with Gasteiger partial charge in [0.1, 0.15) is 0 Å². The van der Waals surface area contributed by atoms with Crippen LogP contribution >= 0.6 is 0 Å². The molecule has 1 aliphatic rings. The Balaban J connectivity index is 1.47. The van der Waals surface area contributed by atoms with Gasteiger partial charge in [0, 0.05) is 23.7 Å². The molecule has 3 atom stereocenters. The molecule has 4 aromatic rings. The Morgan fingerprint density at radius 1 is 1.16 bits per heavy atom. The monoisotopic (exact) mass is 501 g/mol. The van der Waals surface area contributed by atoms with Gasteiger partial charge in [0.05, 0.1) is 24.2 Å². The topological polar surface area (TPSA) is 132 Å². The molecule has 3 heterocycles. The summed E-state index contributed by atoms with van der Waals surface area (Å²) in [6.07, 6.45) is 6.32. The highest BCUT2D eigenvalue weighted by Gasteiger charge is 2.58. The molecule has 1 fully saturated rings. The summed E-state index contributed by atoms with van der Waals surface area (Å²) < 4.78 is 3.42. The van der Waals surface area contributed by atoms with Crippen molar-refractivity contribution < 1.29 is 9.90 Å². The maximum Gasteiger partial charge on any atom is 0.328 e. The van der Waals surface area contributed by atoms with E-state index in [1.165, 1.54) is 0 Å². The molecule has 5 rings (SSSR count). The lowest BCUT2D eigenvalue weighted by atomic mass is 10.0. The Morgan fingerprint density at radius 3 is 2.62 bits per heavy atom. The Labute approximate surface area is 214 Å². The number of aromatic nitrogens is 7. The maximum atomic E-state index is 13.6. The van der Waals surface area contributed by atoms with Gasteiger partial charge < -0.3 is 5.11 Å². The van der Waals surface area contributed by atoms with Crippen molar-refractivity contribution in [2.75, 3.05) is 0 Å². The van der Waals surface area contributed by atoms with Crippen LogP contribution in [0.3, 0.4) is 0 Å². The molecule has 0 radical (unpaired) electrons. The van der Waals surface area contributed by atoms with Crippen molar-refractivity contribution in [2.45, 2.75) is 52.6 Å². The van der Waals surface area contributed by atoms with Crippen molar-refractivity contribution in [3.63, 3.8) is 0 Å². The summed E-state index contributed by atoms with van der Waals surface area (Å²) in [5.74, 6) is -0.708. The number of pyridine rings is 1. The van der Waals surface area contributed by atoms with E-state index in [9.17, 15) is 14.7 Å². The van der Waals surface area contributed by atoms with Crippen LogP contribution in [-0.2, 0) is 17.8 Å². The minimum atomic E-state index is -0.837. The second-order valence-electron chi connectivity index (χ2n) is 10.0. The van der Waals surface area contributed by atoms with E-state index >= 15 is 0 Å². The molecule has 10 nitrogen and oxygen atoms in total. The average Bonchev–Trinajstić information content (AvgIpc) is 3.25. The predicted octanol–water partition coefficient (Wildman–Crippen LogP) is 3.81. The van der Waals surface area contributed by atoms with E-state index in [0.29, 0.717) is 12.4 Å². The van der Waals surface area contributed by atoms with Gasteiger partial charge in [-0.1, -0.05) is 45.4 Å². The molecule has 0 spiro atoms. The van der Waals surface area contributed by atoms with Crippen LogP contribution in [-0.4, -0.2) is 45.8 Å². The minimum absolute atomic E-state index is 0.0435. The molecule has 10 heteroatoms. The lowest BCUT2D eigenvalue weighted by Crippen LogP contribution is -2.26. The van der Waals surface area contributed by atoms with Gasteiger partial charge in [-0.2, -0.15) is 5.21 Å². The van der Waals surface area contributed by atoms with Gasteiger partial charge in [0.2, 0.25) is 5.82 Å². The number of carbonyl (C=O) groups is 1. The summed E-state index contributed by atoms with van der Waals surface area (Å²) in [5, 5.41) is 23.9. The summed E-state index contributed by atoms with van der Waals surface area (Å²) in [4.78, 5) is 30.0. The number of carboxylic acids is 1. The van der Waals surface area contributed by atoms with E-state index in [1.807, 2.05) is 56.4 Å². The van der Waals surface area contributed by atoms with Crippen LogP contribution < -0.4 is 5.69 Å². The lowest BCUT2D eigenvalue weighted by Gasteiger charge is -2.09. The SMILES string of the molecule is CCCCc1cn(C2C(C(=O)O)C2C(C)C)c(=O)n1Cc1cc(-c2cccc(-c3nn[nH]n3)c2)ccn1. The van der Waals surface area contributed by atoms with Crippen molar-refractivity contribution >= 4 is 5.97 Å². The van der Waals surface area contributed by atoms with Gasteiger partial charge in [0.15, 0.2) is 0 Å². The van der Waals surface area contributed by atoms with Gasteiger partial charge in [-0.05, 0) is 59.2 Å². The lowest BCUT2D eigenvalue weighted by molar-refractivity contribution is -0.139. The normalized spacial score (nSPS) is 18.9. The highest BCUT2D eigenvalue weighted by molar-refractivity contribution is 5.75. The Morgan fingerprint density at radius 2 is 1.95 bits per heavy atom. The fraction of sp³-hybridized carbons (Fsp3) is 0.407. The zero-order valence-corrected chi connectivity index (χ0v) is 21.2. The second kappa shape index (κ2) is 10.1. The second-order valence-corrected chi connectivity index (χ2v) is 10.0. The zero-order valence-electron chi connectivity index (χ0n) is 21.2. The van der Waals surface area contributed by atoms with E-state index in [0.717, 1.165) is 47.3 Å². The van der Waals surface area contributed by atoms with Crippen LogP contribution in [0.25, 0.3) is 22.5 Å². The standard InChI is InChI=1S/C27H31N7O3/c1-4-5-9-21-15-34(24-22(16(2)3)23(24)26(35)36)27(37)33(21)14-20-13-18(10-11-28-20)17-7-6-8-19(12-17)25-29-31-32-30-25/h6-8,10-13,15-16,22-24H,4-5,9,14H2,1-3H3,(H,35,36)(H,29,30,31,32). The molecule has 0 aliphatic heterocycles. The molecular formula is C27H31N7O3. The van der Waals surface area contributed by atoms with Crippen molar-refractivity contribution in [1.82, 2.24) is 34.7 Å². The molecule has 1 aliphatic carbocycles. The third kappa shape index (κ3) is 4.83. The number of unbranched alkanes of at least 4 members (excludes halogenated alkanes) is 1. The first-order valence-electron chi connectivity index (χ1n) is 12.7. The van der Waals surface area contributed by atoms with Gasteiger partial charge in [-0.3, -0.25) is 18.9 Å². The number of nitrogens with zero attached hydrogens (tertiary/aromatic N) is 6. The molecule has 0 bridgehead atoms. The predicted molar refractivity (Wildman–Crippen MR) is 138 cm³/mol. The Hall–Kier alpha value is -4.08. The number of aromatic amines is 1. The fourth-order valence-corrected chi connectivity index (χ4v) is 5.31. The van der Waals surface area contributed by atoms with Crippen LogP contribution in [0.2, 0.25) is 0 Å². The van der Waals surface area contributed by atoms with Crippen LogP contribution in [0, 0.1) is 17.8 Å². The maximum absolute atomic E-state index is 13.6. The van der Waals surface area contributed by atoms with Crippen molar-refractivity contribution in [2.24, 2.45) is 17.8 Å². The quantitative estimate of drug-likeness (QED) is 0.338. The van der Waals surface area contributed by atoms with Crippen LogP contribution in [0.5, 0.6) is 0 Å². The third-order valence-corrected chi connectivity index (χ3v) is 7.22. The van der Waals surface area contributed by atoms with Gasteiger partial charge >= 0.3 is 11.7 Å². The van der Waals surface area contributed by atoms with Crippen molar-refractivity contribution in [3.8, 4) is 22.5 Å². The first-order valence-corrected chi connectivity index (χ1v) is 12.7. The fourth-order valence-electron chi connectivity index (χ4n) is 5.31. The van der Waals surface area contributed by atoms with Crippen LogP contribution in [0.4, 0.5) is 0 Å². The number of rotatable bonds is 10. The van der Waals surface area contributed by atoms with E-state index in [-0.39, 0.29) is 23.6 Å². The number of nitrogens with one attached hydrogen (secondary N) is 1. The molecule has 0 saturated heterocycles. The number of tetrazole rings is 1. The summed E-state index contributed by atoms with van der Waals surface area (Å²) >= 11 is 0. The number of benzene rings is 1. The van der Waals surface area contributed by atoms with Gasteiger partial charge in [-0.15, -0.1) is 10.2 Å².